The molecule has 1 fully saturated rings. The molecular weight excluding hydrogens is 516 g/mol. The zero-order valence-corrected chi connectivity index (χ0v) is 21.4. The van der Waals surface area contributed by atoms with Crippen molar-refractivity contribution in [2.24, 2.45) is 0 Å². The smallest absolute Gasteiger partial charge is 0.185 e. The minimum Gasteiger partial charge on any atom is -0.348 e. The number of thiazole rings is 1. The van der Waals surface area contributed by atoms with Gasteiger partial charge in [-0.1, -0.05) is 45.7 Å². The summed E-state index contributed by atoms with van der Waals surface area (Å²) in [6.07, 6.45) is 1.95. The number of sulfone groups is 1. The molecule has 0 amide bonds. The van der Waals surface area contributed by atoms with Crippen molar-refractivity contribution in [1.29, 1.82) is 0 Å². The van der Waals surface area contributed by atoms with E-state index in [0.29, 0.717) is 25.9 Å². The van der Waals surface area contributed by atoms with Gasteiger partial charge >= 0.3 is 0 Å². The molecule has 4 rings (SSSR count). The van der Waals surface area contributed by atoms with Crippen molar-refractivity contribution in [3.05, 3.63) is 73.7 Å². The Labute approximate surface area is 201 Å². The number of anilines is 1. The van der Waals surface area contributed by atoms with E-state index in [9.17, 15) is 8.42 Å². The fraction of sp³-hybridized carbons (Fsp3) is 0.348. The fourth-order valence-electron chi connectivity index (χ4n) is 3.89. The first-order valence-corrected chi connectivity index (χ1v) is 13.8. The maximum atomic E-state index is 13.1. The monoisotopic (exact) mass is 538 g/mol. The highest BCUT2D eigenvalue weighted by Gasteiger charge is 2.33. The lowest BCUT2D eigenvalue weighted by Gasteiger charge is -2.31. The minimum atomic E-state index is -3.45. The average molecular weight is 540 g/mol. The molecule has 0 unspecified atom stereocenters. The number of nitrogens with zero attached hydrogens (tertiary/aromatic N) is 2. The van der Waals surface area contributed by atoms with E-state index >= 15 is 0 Å². The van der Waals surface area contributed by atoms with Crippen LogP contribution < -0.4 is 4.90 Å². The molecule has 0 radical (unpaired) electrons. The van der Waals surface area contributed by atoms with Crippen molar-refractivity contribution in [2.75, 3.05) is 18.0 Å². The summed E-state index contributed by atoms with van der Waals surface area (Å²) in [5.41, 5.74) is 4.91. The second-order valence-corrected chi connectivity index (χ2v) is 12.4. The molecular formula is C23H24BrClN2O2S2. The largest absolute Gasteiger partial charge is 0.348 e. The maximum Gasteiger partial charge on any atom is 0.185 e. The van der Waals surface area contributed by atoms with Crippen molar-refractivity contribution >= 4 is 53.8 Å². The molecule has 0 aliphatic carbocycles. The standard InChI is InChI=1S/C23H24BrClN2O2S2/c1-15-3-4-17(11-16(15)2)12-19-14-30-23(26-19)27-9-7-20(8-10-27)31(28,29)22-6-5-18(24)13-21(22)25/h3-6,11,13-14,20H,7-10,12H2,1-2H3. The first-order valence-electron chi connectivity index (χ1n) is 10.2. The average Bonchev–Trinajstić information content (AvgIpc) is 3.19. The molecule has 3 aromatic rings. The third-order valence-corrected chi connectivity index (χ3v) is 10.0. The first-order chi connectivity index (χ1) is 14.7. The molecule has 1 aromatic heterocycles. The Morgan fingerprint density at radius 2 is 1.87 bits per heavy atom. The summed E-state index contributed by atoms with van der Waals surface area (Å²) in [6, 6.07) is 11.5. The molecule has 2 heterocycles. The Hall–Kier alpha value is -1.41. The molecule has 31 heavy (non-hydrogen) atoms. The van der Waals surface area contributed by atoms with Crippen LogP contribution in [0.25, 0.3) is 0 Å². The second-order valence-electron chi connectivity index (χ2n) is 8.02. The zero-order chi connectivity index (χ0) is 22.2. The summed E-state index contributed by atoms with van der Waals surface area (Å²) >= 11 is 11.2. The first kappa shape index (κ1) is 22.8. The van der Waals surface area contributed by atoms with Crippen molar-refractivity contribution in [2.45, 2.75) is 43.3 Å². The molecule has 8 heteroatoms. The number of hydrogen-bond donors (Lipinski definition) is 0. The van der Waals surface area contributed by atoms with Crippen LogP contribution in [0.5, 0.6) is 0 Å². The van der Waals surface area contributed by atoms with Crippen LogP contribution in [0.2, 0.25) is 5.02 Å². The summed E-state index contributed by atoms with van der Waals surface area (Å²) in [5.74, 6) is 0. The fourth-order valence-corrected chi connectivity index (χ4v) is 7.54. The predicted molar refractivity (Wildman–Crippen MR) is 132 cm³/mol. The third kappa shape index (κ3) is 5.00. The van der Waals surface area contributed by atoms with Crippen LogP contribution in [0, 0.1) is 13.8 Å². The quantitative estimate of drug-likeness (QED) is 0.387. The van der Waals surface area contributed by atoms with Gasteiger partial charge < -0.3 is 4.90 Å². The lowest BCUT2D eigenvalue weighted by molar-refractivity contribution is 0.529. The van der Waals surface area contributed by atoms with Gasteiger partial charge in [-0.15, -0.1) is 11.3 Å². The van der Waals surface area contributed by atoms with E-state index in [4.69, 9.17) is 16.6 Å². The maximum absolute atomic E-state index is 13.1. The number of hydrogen-bond acceptors (Lipinski definition) is 5. The van der Waals surface area contributed by atoms with Crippen LogP contribution in [0.1, 0.15) is 35.2 Å². The number of aromatic nitrogens is 1. The van der Waals surface area contributed by atoms with E-state index in [1.165, 1.54) is 16.7 Å². The summed E-state index contributed by atoms with van der Waals surface area (Å²) in [6.45, 7) is 5.60. The topological polar surface area (TPSA) is 50.3 Å². The molecule has 0 N–H and O–H groups in total. The van der Waals surface area contributed by atoms with Gasteiger partial charge in [0.25, 0.3) is 0 Å². The number of rotatable bonds is 5. The van der Waals surface area contributed by atoms with E-state index in [-0.39, 0.29) is 9.92 Å². The molecule has 4 nitrogen and oxygen atoms in total. The second kappa shape index (κ2) is 9.22. The third-order valence-electron chi connectivity index (χ3n) is 5.85. The zero-order valence-electron chi connectivity index (χ0n) is 17.4. The van der Waals surface area contributed by atoms with E-state index in [1.54, 1.807) is 29.5 Å². The van der Waals surface area contributed by atoms with E-state index in [2.05, 4.69) is 58.3 Å². The molecule has 2 aromatic carbocycles. The van der Waals surface area contributed by atoms with Crippen LogP contribution in [0.4, 0.5) is 5.13 Å². The van der Waals surface area contributed by atoms with Gasteiger partial charge in [-0.3, -0.25) is 0 Å². The molecule has 0 saturated carbocycles. The minimum absolute atomic E-state index is 0.223. The summed E-state index contributed by atoms with van der Waals surface area (Å²) in [5, 5.41) is 2.93. The van der Waals surface area contributed by atoms with Crippen LogP contribution in [-0.2, 0) is 16.3 Å². The lowest BCUT2D eigenvalue weighted by atomic mass is 10.0. The Balaban J connectivity index is 1.41. The van der Waals surface area contributed by atoms with Gasteiger partial charge in [-0.05, 0) is 61.6 Å². The molecule has 1 aliphatic rings. The summed E-state index contributed by atoms with van der Waals surface area (Å²) < 4.78 is 26.9. The van der Waals surface area contributed by atoms with Gasteiger partial charge in [-0.25, -0.2) is 13.4 Å². The van der Waals surface area contributed by atoms with Gasteiger partial charge in [0.05, 0.1) is 20.9 Å². The lowest BCUT2D eigenvalue weighted by Crippen LogP contribution is -2.39. The number of halogens is 2. The molecule has 0 spiro atoms. The molecule has 0 atom stereocenters. The van der Waals surface area contributed by atoms with Crippen LogP contribution in [0.3, 0.4) is 0 Å². The molecule has 1 saturated heterocycles. The van der Waals surface area contributed by atoms with Gasteiger partial charge in [0, 0.05) is 29.4 Å². The molecule has 0 bridgehead atoms. The van der Waals surface area contributed by atoms with Gasteiger partial charge in [0.15, 0.2) is 15.0 Å². The highest BCUT2D eigenvalue weighted by atomic mass is 79.9. The van der Waals surface area contributed by atoms with E-state index in [0.717, 1.165) is 21.7 Å². The van der Waals surface area contributed by atoms with Crippen molar-refractivity contribution in [3.63, 3.8) is 0 Å². The molecule has 164 valence electrons. The SMILES string of the molecule is Cc1ccc(Cc2csc(N3CCC(S(=O)(=O)c4ccc(Br)cc4Cl)CC3)n2)cc1C. The van der Waals surface area contributed by atoms with E-state index < -0.39 is 15.1 Å². The Bertz CT molecular complexity index is 1200. The predicted octanol–water partition coefficient (Wildman–Crippen LogP) is 6.21. The Kier molecular flexibility index (Phi) is 6.77. The summed E-state index contributed by atoms with van der Waals surface area (Å²) in [4.78, 5) is 7.24. The van der Waals surface area contributed by atoms with Crippen LogP contribution in [0.15, 0.2) is 51.1 Å². The van der Waals surface area contributed by atoms with E-state index in [1.807, 2.05) is 0 Å². The Morgan fingerprint density at radius 1 is 1.13 bits per heavy atom. The Morgan fingerprint density at radius 3 is 2.55 bits per heavy atom. The highest BCUT2D eigenvalue weighted by molar-refractivity contribution is 9.10. The van der Waals surface area contributed by atoms with Crippen LogP contribution in [-0.4, -0.2) is 31.7 Å². The normalized spacial score (nSPS) is 15.4. The summed E-state index contributed by atoms with van der Waals surface area (Å²) in [7, 11) is -3.45. The highest BCUT2D eigenvalue weighted by Crippen LogP contribution is 2.33. The molecule has 1 aliphatic heterocycles. The van der Waals surface area contributed by atoms with Crippen molar-refractivity contribution in [1.82, 2.24) is 4.98 Å². The number of aryl methyl sites for hydroxylation is 2. The van der Waals surface area contributed by atoms with Crippen molar-refractivity contribution in [3.8, 4) is 0 Å². The van der Waals surface area contributed by atoms with Gasteiger partial charge in [0.1, 0.15) is 0 Å². The van der Waals surface area contributed by atoms with Gasteiger partial charge in [0.2, 0.25) is 0 Å². The number of piperidine rings is 1. The van der Waals surface area contributed by atoms with Crippen LogP contribution >= 0.6 is 38.9 Å². The van der Waals surface area contributed by atoms with Gasteiger partial charge in [-0.2, -0.15) is 0 Å². The number of benzene rings is 2. The van der Waals surface area contributed by atoms with Crippen molar-refractivity contribution < 1.29 is 8.42 Å².